The first-order valence-corrected chi connectivity index (χ1v) is 9.36. The molecule has 1 fully saturated rings. The molecule has 126 valence electrons. The summed E-state index contributed by atoms with van der Waals surface area (Å²) in [5.41, 5.74) is -4.33. The van der Waals surface area contributed by atoms with E-state index in [2.05, 4.69) is 10.0 Å². The summed E-state index contributed by atoms with van der Waals surface area (Å²) in [6, 6.07) is -0.133. The number of piperidine rings is 1. The summed E-state index contributed by atoms with van der Waals surface area (Å²) in [6.45, 7) is 3.44. The van der Waals surface area contributed by atoms with Crippen LogP contribution in [0.2, 0.25) is 0 Å². The highest BCUT2D eigenvalue weighted by Gasteiger charge is 2.32. The van der Waals surface area contributed by atoms with Gasteiger partial charge >= 0.3 is 5.51 Å². The van der Waals surface area contributed by atoms with Crippen molar-refractivity contribution in [1.82, 2.24) is 14.3 Å². The van der Waals surface area contributed by atoms with E-state index >= 15 is 0 Å². The van der Waals surface area contributed by atoms with E-state index in [1.54, 1.807) is 0 Å². The van der Waals surface area contributed by atoms with Gasteiger partial charge in [-0.1, -0.05) is 13.3 Å². The van der Waals surface area contributed by atoms with Gasteiger partial charge in [-0.2, -0.15) is 25.9 Å². The number of alkyl halides is 3. The molecule has 1 aliphatic heterocycles. The van der Waals surface area contributed by atoms with Gasteiger partial charge in [-0.15, -0.1) is 0 Å². The number of halogens is 3. The molecule has 0 aromatic rings. The zero-order valence-corrected chi connectivity index (χ0v) is 13.6. The van der Waals surface area contributed by atoms with Gasteiger partial charge < -0.3 is 5.32 Å². The maximum Gasteiger partial charge on any atom is 0.441 e. The van der Waals surface area contributed by atoms with Crippen LogP contribution in [0.15, 0.2) is 0 Å². The van der Waals surface area contributed by atoms with E-state index in [1.807, 2.05) is 6.92 Å². The van der Waals surface area contributed by atoms with Gasteiger partial charge in [0.15, 0.2) is 0 Å². The fraction of sp³-hybridized carbons (Fsp3) is 1.00. The van der Waals surface area contributed by atoms with Gasteiger partial charge in [0, 0.05) is 31.4 Å². The molecule has 1 unspecified atom stereocenters. The number of rotatable bonds is 8. The molecular formula is C11H22F3N3O2S2. The predicted molar refractivity (Wildman–Crippen MR) is 78.3 cm³/mol. The van der Waals surface area contributed by atoms with Gasteiger partial charge in [0.1, 0.15) is 0 Å². The van der Waals surface area contributed by atoms with E-state index < -0.39 is 15.7 Å². The Morgan fingerprint density at radius 1 is 1.33 bits per heavy atom. The SMILES string of the molecule is CCNCC1CCCCN1S(=O)(=O)NCCSC(F)(F)F. The van der Waals surface area contributed by atoms with Gasteiger partial charge in [-0.3, -0.25) is 0 Å². The van der Waals surface area contributed by atoms with Crippen LogP contribution < -0.4 is 10.0 Å². The number of hydrogen-bond donors (Lipinski definition) is 2. The summed E-state index contributed by atoms with van der Waals surface area (Å²) < 4.78 is 64.0. The van der Waals surface area contributed by atoms with Crippen LogP contribution in [0.4, 0.5) is 13.2 Å². The molecule has 1 rings (SSSR count). The monoisotopic (exact) mass is 349 g/mol. The molecule has 0 aromatic heterocycles. The lowest BCUT2D eigenvalue weighted by Gasteiger charge is -2.34. The second kappa shape index (κ2) is 8.56. The van der Waals surface area contributed by atoms with E-state index in [-0.39, 0.29) is 30.1 Å². The van der Waals surface area contributed by atoms with E-state index in [9.17, 15) is 21.6 Å². The lowest BCUT2D eigenvalue weighted by Crippen LogP contribution is -2.52. The lowest BCUT2D eigenvalue weighted by atomic mass is 10.1. The molecule has 0 aromatic carbocycles. The normalized spacial score (nSPS) is 21.6. The minimum atomic E-state index is -4.33. The van der Waals surface area contributed by atoms with Gasteiger partial charge in [0.2, 0.25) is 0 Å². The molecule has 1 aliphatic rings. The largest absolute Gasteiger partial charge is 0.441 e. The van der Waals surface area contributed by atoms with Crippen molar-refractivity contribution in [1.29, 1.82) is 0 Å². The van der Waals surface area contributed by atoms with Crippen molar-refractivity contribution in [3.63, 3.8) is 0 Å². The Labute approximate surface area is 128 Å². The van der Waals surface area contributed by atoms with Crippen LogP contribution >= 0.6 is 11.8 Å². The Kier molecular flexibility index (Phi) is 7.75. The number of nitrogens with zero attached hydrogens (tertiary/aromatic N) is 1. The summed E-state index contributed by atoms with van der Waals surface area (Å²) >= 11 is -0.222. The zero-order valence-electron chi connectivity index (χ0n) is 11.9. The third-order valence-corrected chi connectivity index (χ3v) is 5.57. The van der Waals surface area contributed by atoms with Crippen LogP contribution in [0, 0.1) is 0 Å². The van der Waals surface area contributed by atoms with Crippen LogP contribution in [0.5, 0.6) is 0 Å². The van der Waals surface area contributed by atoms with Crippen LogP contribution in [-0.4, -0.2) is 56.2 Å². The van der Waals surface area contributed by atoms with Gasteiger partial charge in [0.25, 0.3) is 10.2 Å². The van der Waals surface area contributed by atoms with E-state index in [1.165, 1.54) is 4.31 Å². The fourth-order valence-electron chi connectivity index (χ4n) is 2.23. The first-order chi connectivity index (χ1) is 9.76. The predicted octanol–water partition coefficient (Wildman–Crippen LogP) is 1.54. The van der Waals surface area contributed by atoms with Gasteiger partial charge in [0.05, 0.1) is 0 Å². The fourth-order valence-corrected chi connectivity index (χ4v) is 4.26. The highest BCUT2D eigenvalue weighted by atomic mass is 32.2. The maximum absolute atomic E-state index is 12.2. The summed E-state index contributed by atoms with van der Waals surface area (Å²) in [5.74, 6) is -0.325. The average Bonchev–Trinajstić information content (AvgIpc) is 2.41. The van der Waals surface area contributed by atoms with Crippen molar-refractivity contribution in [2.75, 3.05) is 31.9 Å². The van der Waals surface area contributed by atoms with Crippen LogP contribution in [-0.2, 0) is 10.2 Å². The summed E-state index contributed by atoms with van der Waals surface area (Å²) in [5, 5.41) is 3.12. The molecule has 1 saturated heterocycles. The molecule has 0 amide bonds. The number of hydrogen-bond acceptors (Lipinski definition) is 4. The Bertz CT molecular complexity index is 404. The molecular weight excluding hydrogens is 327 g/mol. The Morgan fingerprint density at radius 2 is 2.05 bits per heavy atom. The Hall–Kier alpha value is -0.0300. The first-order valence-electron chi connectivity index (χ1n) is 6.94. The Morgan fingerprint density at radius 3 is 2.67 bits per heavy atom. The average molecular weight is 349 g/mol. The second-order valence-corrected chi connectivity index (χ2v) is 7.63. The van der Waals surface area contributed by atoms with Crippen LogP contribution in [0.1, 0.15) is 26.2 Å². The minimum absolute atomic E-state index is 0.133. The molecule has 1 atom stereocenters. The molecule has 0 aliphatic carbocycles. The van der Waals surface area contributed by atoms with Crippen LogP contribution in [0.3, 0.4) is 0 Å². The smallest absolute Gasteiger partial charge is 0.315 e. The summed E-state index contributed by atoms with van der Waals surface area (Å²) in [4.78, 5) is 0. The first kappa shape index (κ1) is 19.0. The third kappa shape index (κ3) is 7.18. The van der Waals surface area contributed by atoms with Crippen molar-refractivity contribution < 1.29 is 21.6 Å². The molecule has 10 heteroatoms. The van der Waals surface area contributed by atoms with Gasteiger partial charge in [-0.25, -0.2) is 4.72 Å². The van der Waals surface area contributed by atoms with E-state index in [0.29, 0.717) is 13.1 Å². The molecule has 21 heavy (non-hydrogen) atoms. The summed E-state index contributed by atoms with van der Waals surface area (Å²) in [6.07, 6.45) is 2.51. The third-order valence-electron chi connectivity index (χ3n) is 3.16. The minimum Gasteiger partial charge on any atom is -0.315 e. The van der Waals surface area contributed by atoms with Crippen molar-refractivity contribution in [3.05, 3.63) is 0 Å². The van der Waals surface area contributed by atoms with E-state index in [4.69, 9.17) is 0 Å². The molecule has 0 radical (unpaired) electrons. The van der Waals surface area contributed by atoms with Crippen molar-refractivity contribution in [2.45, 2.75) is 37.7 Å². The second-order valence-electron chi connectivity index (χ2n) is 4.76. The topological polar surface area (TPSA) is 61.4 Å². The summed E-state index contributed by atoms with van der Waals surface area (Å²) in [7, 11) is -3.72. The molecule has 5 nitrogen and oxygen atoms in total. The molecule has 0 bridgehead atoms. The van der Waals surface area contributed by atoms with Gasteiger partial charge in [-0.05, 0) is 31.1 Å². The highest BCUT2D eigenvalue weighted by Crippen LogP contribution is 2.29. The van der Waals surface area contributed by atoms with Crippen molar-refractivity contribution in [2.24, 2.45) is 0 Å². The quantitative estimate of drug-likeness (QED) is 0.653. The number of nitrogens with one attached hydrogen (secondary N) is 2. The molecule has 0 saturated carbocycles. The van der Waals surface area contributed by atoms with Crippen molar-refractivity contribution >= 4 is 22.0 Å². The lowest BCUT2D eigenvalue weighted by molar-refractivity contribution is -0.0327. The van der Waals surface area contributed by atoms with Crippen LogP contribution in [0.25, 0.3) is 0 Å². The number of thioether (sulfide) groups is 1. The number of likely N-dealkylation sites (N-methyl/N-ethyl adjacent to an activating group) is 1. The van der Waals surface area contributed by atoms with E-state index in [0.717, 1.165) is 25.8 Å². The van der Waals surface area contributed by atoms with Crippen molar-refractivity contribution in [3.8, 4) is 0 Å². The standard InChI is InChI=1S/C11H22F3N3O2S2/c1-2-15-9-10-5-3-4-7-17(10)21(18,19)16-6-8-20-11(12,13)14/h10,15-16H,2-9H2,1H3. The highest BCUT2D eigenvalue weighted by molar-refractivity contribution is 8.00. The molecule has 2 N–H and O–H groups in total. The maximum atomic E-state index is 12.2. The molecule has 1 heterocycles. The Balaban J connectivity index is 2.50. The zero-order chi connectivity index (χ0) is 15.9. The molecule has 0 spiro atoms.